The summed E-state index contributed by atoms with van der Waals surface area (Å²) < 4.78 is 1.52. The first-order valence-electron chi connectivity index (χ1n) is 5.68. The average Bonchev–Trinajstić information content (AvgIpc) is 2.74. The van der Waals surface area contributed by atoms with Crippen LogP contribution in [0.2, 0.25) is 0 Å². The minimum Gasteiger partial charge on any atom is -0.476 e. The summed E-state index contributed by atoms with van der Waals surface area (Å²) in [6.45, 7) is 2.38. The summed E-state index contributed by atoms with van der Waals surface area (Å²) in [6.07, 6.45) is 1.66. The highest BCUT2D eigenvalue weighted by Gasteiger charge is 2.18. The number of aliphatic hydroxyl groups is 1. The molecule has 2 aromatic rings. The van der Waals surface area contributed by atoms with E-state index in [1.807, 2.05) is 6.92 Å². The molecule has 0 bridgehead atoms. The lowest BCUT2D eigenvalue weighted by Gasteiger charge is -2.09. The fourth-order valence-electron chi connectivity index (χ4n) is 1.66. The Morgan fingerprint density at radius 2 is 2.33 bits per heavy atom. The Morgan fingerprint density at radius 1 is 1.56 bits per heavy atom. The van der Waals surface area contributed by atoms with Gasteiger partial charge in [-0.3, -0.25) is 4.40 Å². The molecule has 0 aliphatic rings. The van der Waals surface area contributed by atoms with E-state index in [1.165, 1.54) is 4.40 Å². The van der Waals surface area contributed by atoms with Gasteiger partial charge in [0.05, 0.1) is 0 Å². The molecule has 0 amide bonds. The standard InChI is InChI=1S/C12H15N3O3/c1-8(7-16)6-13-11-10(12(17)18)15-5-3-2-4-9(15)14-11/h2-5,8,13,16H,6-7H2,1H3,(H,17,18). The maximum atomic E-state index is 11.3. The number of carbonyl (C=O) groups is 1. The molecule has 1 atom stereocenters. The lowest BCUT2D eigenvalue weighted by molar-refractivity contribution is 0.0690. The Kier molecular flexibility index (Phi) is 3.47. The number of hydrogen-bond acceptors (Lipinski definition) is 4. The summed E-state index contributed by atoms with van der Waals surface area (Å²) >= 11 is 0. The number of pyridine rings is 1. The van der Waals surface area contributed by atoms with Crippen molar-refractivity contribution >= 4 is 17.4 Å². The van der Waals surface area contributed by atoms with Crippen LogP contribution in [0.25, 0.3) is 5.65 Å². The molecule has 0 saturated carbocycles. The number of aromatic carboxylic acids is 1. The predicted molar refractivity (Wildman–Crippen MR) is 66.9 cm³/mol. The molecule has 18 heavy (non-hydrogen) atoms. The van der Waals surface area contributed by atoms with E-state index >= 15 is 0 Å². The van der Waals surface area contributed by atoms with Crippen LogP contribution in [-0.2, 0) is 0 Å². The number of nitrogens with zero attached hydrogens (tertiary/aromatic N) is 2. The Morgan fingerprint density at radius 3 is 3.00 bits per heavy atom. The molecule has 6 nitrogen and oxygen atoms in total. The normalized spacial score (nSPS) is 12.6. The smallest absolute Gasteiger partial charge is 0.356 e. The van der Waals surface area contributed by atoms with E-state index < -0.39 is 5.97 Å². The topological polar surface area (TPSA) is 86.9 Å². The molecule has 0 saturated heterocycles. The van der Waals surface area contributed by atoms with E-state index in [0.29, 0.717) is 18.0 Å². The van der Waals surface area contributed by atoms with Crippen molar-refractivity contribution in [3.8, 4) is 0 Å². The van der Waals surface area contributed by atoms with Gasteiger partial charge in [-0.1, -0.05) is 13.0 Å². The van der Waals surface area contributed by atoms with Crippen molar-refractivity contribution < 1.29 is 15.0 Å². The van der Waals surface area contributed by atoms with Crippen LogP contribution < -0.4 is 5.32 Å². The maximum absolute atomic E-state index is 11.3. The molecule has 2 aromatic heterocycles. The van der Waals surface area contributed by atoms with E-state index in [-0.39, 0.29) is 18.2 Å². The summed E-state index contributed by atoms with van der Waals surface area (Å²) in [4.78, 5) is 15.5. The molecule has 1 unspecified atom stereocenters. The lowest BCUT2D eigenvalue weighted by atomic mass is 10.2. The van der Waals surface area contributed by atoms with E-state index in [2.05, 4.69) is 10.3 Å². The van der Waals surface area contributed by atoms with Gasteiger partial charge in [0, 0.05) is 19.3 Å². The second-order valence-corrected chi connectivity index (χ2v) is 4.21. The van der Waals surface area contributed by atoms with Crippen molar-refractivity contribution in [2.24, 2.45) is 5.92 Å². The number of rotatable bonds is 5. The van der Waals surface area contributed by atoms with Gasteiger partial charge in [0.15, 0.2) is 11.5 Å². The van der Waals surface area contributed by atoms with Crippen LogP contribution in [0.15, 0.2) is 24.4 Å². The van der Waals surface area contributed by atoms with Gasteiger partial charge in [0.25, 0.3) is 0 Å². The van der Waals surface area contributed by atoms with Crippen LogP contribution >= 0.6 is 0 Å². The maximum Gasteiger partial charge on any atom is 0.356 e. The predicted octanol–water partition coefficient (Wildman–Crippen LogP) is 1.07. The van der Waals surface area contributed by atoms with Gasteiger partial charge < -0.3 is 15.5 Å². The fourth-order valence-corrected chi connectivity index (χ4v) is 1.66. The Labute approximate surface area is 104 Å². The summed E-state index contributed by atoms with van der Waals surface area (Å²) in [5.41, 5.74) is 0.685. The van der Waals surface area contributed by atoms with Crippen molar-refractivity contribution in [2.75, 3.05) is 18.5 Å². The second kappa shape index (κ2) is 5.05. The zero-order valence-electron chi connectivity index (χ0n) is 10.00. The molecule has 2 heterocycles. The molecule has 2 rings (SSSR count). The van der Waals surface area contributed by atoms with Gasteiger partial charge in [0.1, 0.15) is 5.65 Å². The fraction of sp³-hybridized carbons (Fsp3) is 0.333. The minimum atomic E-state index is -1.03. The zero-order chi connectivity index (χ0) is 13.1. The molecular formula is C12H15N3O3. The van der Waals surface area contributed by atoms with Gasteiger partial charge in [-0.2, -0.15) is 0 Å². The number of aliphatic hydroxyl groups excluding tert-OH is 1. The third-order valence-corrected chi connectivity index (χ3v) is 2.66. The average molecular weight is 249 g/mol. The van der Waals surface area contributed by atoms with Crippen molar-refractivity contribution in [1.82, 2.24) is 9.38 Å². The zero-order valence-corrected chi connectivity index (χ0v) is 10.00. The van der Waals surface area contributed by atoms with Gasteiger partial charge in [-0.25, -0.2) is 9.78 Å². The van der Waals surface area contributed by atoms with Crippen molar-refractivity contribution in [3.05, 3.63) is 30.1 Å². The van der Waals surface area contributed by atoms with Crippen LogP contribution in [0.5, 0.6) is 0 Å². The molecule has 96 valence electrons. The molecule has 0 aliphatic heterocycles. The van der Waals surface area contributed by atoms with Crippen molar-refractivity contribution in [3.63, 3.8) is 0 Å². The minimum absolute atomic E-state index is 0.0384. The number of fused-ring (bicyclic) bond motifs is 1. The Balaban J connectivity index is 2.37. The highest BCUT2D eigenvalue weighted by Crippen LogP contribution is 2.17. The summed E-state index contributed by atoms with van der Waals surface area (Å²) in [5, 5.41) is 21.1. The van der Waals surface area contributed by atoms with Crippen LogP contribution in [0.4, 0.5) is 5.82 Å². The summed E-state index contributed by atoms with van der Waals surface area (Å²) in [6, 6.07) is 5.29. The number of hydrogen-bond donors (Lipinski definition) is 3. The van der Waals surface area contributed by atoms with E-state index in [0.717, 1.165) is 0 Å². The van der Waals surface area contributed by atoms with Crippen molar-refractivity contribution in [1.29, 1.82) is 0 Å². The van der Waals surface area contributed by atoms with Crippen LogP contribution in [0.1, 0.15) is 17.4 Å². The monoisotopic (exact) mass is 249 g/mol. The summed E-state index contributed by atoms with van der Waals surface area (Å²) in [5.74, 6) is -0.668. The van der Waals surface area contributed by atoms with Crippen LogP contribution in [0.3, 0.4) is 0 Å². The molecule has 3 N–H and O–H groups in total. The number of imidazole rings is 1. The first-order chi connectivity index (χ1) is 8.63. The van der Waals surface area contributed by atoms with E-state index in [1.54, 1.807) is 24.4 Å². The molecule has 0 radical (unpaired) electrons. The molecule has 0 spiro atoms. The molecule has 6 heteroatoms. The number of aromatic nitrogens is 2. The first-order valence-corrected chi connectivity index (χ1v) is 5.68. The third kappa shape index (κ3) is 2.28. The molecule has 0 fully saturated rings. The van der Waals surface area contributed by atoms with E-state index in [9.17, 15) is 9.90 Å². The highest BCUT2D eigenvalue weighted by molar-refractivity contribution is 5.92. The SMILES string of the molecule is CC(CO)CNc1nc2ccccn2c1C(=O)O. The lowest BCUT2D eigenvalue weighted by Crippen LogP contribution is -2.16. The quantitative estimate of drug-likeness (QED) is 0.738. The third-order valence-electron chi connectivity index (χ3n) is 2.66. The van der Waals surface area contributed by atoms with Crippen molar-refractivity contribution in [2.45, 2.75) is 6.92 Å². The Hall–Kier alpha value is -2.08. The summed E-state index contributed by atoms with van der Waals surface area (Å²) in [7, 11) is 0. The van der Waals surface area contributed by atoms with Gasteiger partial charge in [-0.15, -0.1) is 0 Å². The molecular weight excluding hydrogens is 234 g/mol. The van der Waals surface area contributed by atoms with Crippen LogP contribution in [0, 0.1) is 5.92 Å². The number of carboxylic acids is 1. The van der Waals surface area contributed by atoms with Gasteiger partial charge in [0.2, 0.25) is 0 Å². The Bertz CT molecular complexity index is 565. The highest BCUT2D eigenvalue weighted by atomic mass is 16.4. The number of anilines is 1. The largest absolute Gasteiger partial charge is 0.476 e. The molecule has 0 aliphatic carbocycles. The van der Waals surface area contributed by atoms with Gasteiger partial charge >= 0.3 is 5.97 Å². The molecule has 0 aromatic carbocycles. The van der Waals surface area contributed by atoms with Gasteiger partial charge in [-0.05, 0) is 18.1 Å². The number of carboxylic acid groups (broad SMARTS) is 1. The van der Waals surface area contributed by atoms with Crippen LogP contribution in [-0.4, -0.2) is 38.7 Å². The number of nitrogens with one attached hydrogen (secondary N) is 1. The van der Waals surface area contributed by atoms with E-state index in [4.69, 9.17) is 5.11 Å². The second-order valence-electron chi connectivity index (χ2n) is 4.21. The first kappa shape index (κ1) is 12.4.